The smallest absolute Gasteiger partial charge is 0.347 e. The molecule has 5 nitrogen and oxygen atoms in total. The Bertz CT molecular complexity index is 762. The molecule has 0 aromatic heterocycles. The van der Waals surface area contributed by atoms with Crippen LogP contribution in [0, 0.1) is 6.92 Å². The van der Waals surface area contributed by atoms with Crippen LogP contribution in [0.25, 0.3) is 0 Å². The summed E-state index contributed by atoms with van der Waals surface area (Å²) in [7, 11) is 0. The van der Waals surface area contributed by atoms with Crippen LogP contribution in [-0.4, -0.2) is 24.6 Å². The first-order chi connectivity index (χ1) is 11.9. The number of benzene rings is 2. The summed E-state index contributed by atoms with van der Waals surface area (Å²) in [4.78, 5) is 23.8. The van der Waals surface area contributed by atoms with Crippen molar-refractivity contribution in [2.45, 2.75) is 20.0 Å². The number of anilines is 1. The quantitative estimate of drug-likeness (QED) is 0.759. The number of halogens is 2. The van der Waals surface area contributed by atoms with Crippen molar-refractivity contribution in [2.24, 2.45) is 0 Å². The molecule has 7 heteroatoms. The first-order valence-corrected chi connectivity index (χ1v) is 8.26. The van der Waals surface area contributed by atoms with Crippen LogP contribution in [0.3, 0.4) is 0 Å². The lowest BCUT2D eigenvalue weighted by Gasteiger charge is -2.14. The number of amides is 1. The van der Waals surface area contributed by atoms with E-state index in [1.807, 2.05) is 0 Å². The van der Waals surface area contributed by atoms with E-state index in [2.05, 4.69) is 5.32 Å². The summed E-state index contributed by atoms with van der Waals surface area (Å²) >= 11 is 11.8. The molecule has 0 aliphatic rings. The van der Waals surface area contributed by atoms with Crippen molar-refractivity contribution in [3.05, 3.63) is 58.1 Å². The molecule has 2 rings (SSSR count). The molecular formula is C18H17Cl2NO4. The maximum atomic E-state index is 11.9. The van der Waals surface area contributed by atoms with Crippen LogP contribution in [-0.2, 0) is 14.3 Å². The first kappa shape index (κ1) is 19.1. The minimum Gasteiger partial charge on any atom is -0.479 e. The minimum atomic E-state index is -0.859. The fourth-order valence-corrected chi connectivity index (χ4v) is 2.25. The van der Waals surface area contributed by atoms with Gasteiger partial charge in [0.2, 0.25) is 0 Å². The van der Waals surface area contributed by atoms with Crippen molar-refractivity contribution in [1.82, 2.24) is 0 Å². The van der Waals surface area contributed by atoms with Gasteiger partial charge in [0.05, 0.1) is 0 Å². The maximum Gasteiger partial charge on any atom is 0.347 e. The summed E-state index contributed by atoms with van der Waals surface area (Å²) in [6.45, 7) is 2.90. The van der Waals surface area contributed by atoms with E-state index >= 15 is 0 Å². The molecule has 0 bridgehead atoms. The summed E-state index contributed by atoms with van der Waals surface area (Å²) in [5.41, 5.74) is 1.31. The lowest BCUT2D eigenvalue weighted by atomic mass is 10.2. The number of carbonyl (C=O) groups excluding carboxylic acids is 2. The highest BCUT2D eigenvalue weighted by atomic mass is 35.5. The molecule has 1 N–H and O–H groups in total. The Labute approximate surface area is 155 Å². The average Bonchev–Trinajstić information content (AvgIpc) is 2.59. The highest BCUT2D eigenvalue weighted by molar-refractivity contribution is 6.31. The van der Waals surface area contributed by atoms with E-state index in [9.17, 15) is 9.59 Å². The van der Waals surface area contributed by atoms with Crippen LogP contribution in [0.15, 0.2) is 42.5 Å². The van der Waals surface area contributed by atoms with Crippen LogP contribution in [0.2, 0.25) is 10.0 Å². The second kappa shape index (κ2) is 8.74. The molecule has 0 aliphatic carbocycles. The molecule has 0 spiro atoms. The molecule has 0 fully saturated rings. The monoisotopic (exact) mass is 381 g/mol. The molecule has 1 atom stereocenters. The van der Waals surface area contributed by atoms with E-state index in [1.54, 1.807) is 49.4 Å². The van der Waals surface area contributed by atoms with Gasteiger partial charge < -0.3 is 14.8 Å². The summed E-state index contributed by atoms with van der Waals surface area (Å²) in [6, 6.07) is 11.7. The van der Waals surface area contributed by atoms with Crippen LogP contribution in [0.4, 0.5) is 5.69 Å². The van der Waals surface area contributed by atoms with Gasteiger partial charge in [0.25, 0.3) is 5.91 Å². The molecule has 132 valence electrons. The van der Waals surface area contributed by atoms with Gasteiger partial charge in [-0.2, -0.15) is 0 Å². The Morgan fingerprint density at radius 1 is 1.12 bits per heavy atom. The van der Waals surface area contributed by atoms with Gasteiger partial charge in [-0.3, -0.25) is 4.79 Å². The molecule has 0 saturated carbocycles. The molecule has 0 aliphatic heterocycles. The molecule has 2 aromatic carbocycles. The molecular weight excluding hydrogens is 365 g/mol. The number of nitrogens with one attached hydrogen (secondary N) is 1. The zero-order valence-corrected chi connectivity index (χ0v) is 15.2. The Kier molecular flexibility index (Phi) is 6.67. The number of hydrogen-bond acceptors (Lipinski definition) is 4. The molecule has 0 unspecified atom stereocenters. The topological polar surface area (TPSA) is 64.6 Å². The zero-order valence-electron chi connectivity index (χ0n) is 13.7. The van der Waals surface area contributed by atoms with Crippen molar-refractivity contribution in [2.75, 3.05) is 11.9 Å². The van der Waals surface area contributed by atoms with Crippen molar-refractivity contribution in [3.63, 3.8) is 0 Å². The van der Waals surface area contributed by atoms with Crippen molar-refractivity contribution >= 4 is 40.8 Å². The number of carbonyl (C=O) groups is 2. The first-order valence-electron chi connectivity index (χ1n) is 7.50. The number of rotatable bonds is 6. The van der Waals surface area contributed by atoms with Gasteiger partial charge in [0.1, 0.15) is 5.75 Å². The predicted octanol–water partition coefficient (Wildman–Crippen LogP) is 4.25. The fraction of sp³-hybridized carbons (Fsp3) is 0.222. The van der Waals surface area contributed by atoms with Gasteiger partial charge in [-0.1, -0.05) is 29.3 Å². The van der Waals surface area contributed by atoms with Crippen molar-refractivity contribution < 1.29 is 19.1 Å². The fourth-order valence-electron chi connectivity index (χ4n) is 1.95. The second-order valence-electron chi connectivity index (χ2n) is 5.28. The van der Waals surface area contributed by atoms with Crippen molar-refractivity contribution in [3.8, 4) is 5.75 Å². The van der Waals surface area contributed by atoms with Gasteiger partial charge in [0, 0.05) is 15.7 Å². The molecule has 2 aromatic rings. The maximum absolute atomic E-state index is 11.9. The van der Waals surface area contributed by atoms with E-state index in [0.717, 1.165) is 5.56 Å². The normalized spacial score (nSPS) is 11.5. The largest absolute Gasteiger partial charge is 0.479 e. The van der Waals surface area contributed by atoms with E-state index in [1.165, 1.54) is 6.92 Å². The van der Waals surface area contributed by atoms with Crippen LogP contribution in [0.1, 0.15) is 12.5 Å². The van der Waals surface area contributed by atoms with Crippen molar-refractivity contribution in [1.29, 1.82) is 0 Å². The van der Waals surface area contributed by atoms with Crippen LogP contribution < -0.4 is 10.1 Å². The van der Waals surface area contributed by atoms with E-state index in [0.29, 0.717) is 21.5 Å². The third kappa shape index (κ3) is 5.66. The van der Waals surface area contributed by atoms with E-state index < -0.39 is 24.6 Å². The number of esters is 1. The Morgan fingerprint density at radius 3 is 2.48 bits per heavy atom. The summed E-state index contributed by atoms with van der Waals surface area (Å²) < 4.78 is 10.4. The Morgan fingerprint density at radius 2 is 1.80 bits per heavy atom. The lowest BCUT2D eigenvalue weighted by molar-refractivity contribution is -0.153. The second-order valence-corrected chi connectivity index (χ2v) is 6.13. The molecule has 25 heavy (non-hydrogen) atoms. The van der Waals surface area contributed by atoms with Crippen LogP contribution >= 0.6 is 23.2 Å². The Hall–Kier alpha value is -2.24. The van der Waals surface area contributed by atoms with Gasteiger partial charge in [-0.05, 0) is 55.8 Å². The predicted molar refractivity (Wildman–Crippen MR) is 97.3 cm³/mol. The summed E-state index contributed by atoms with van der Waals surface area (Å²) in [6.07, 6.45) is -0.859. The van der Waals surface area contributed by atoms with Gasteiger partial charge in [0.15, 0.2) is 12.7 Å². The number of hydrogen-bond donors (Lipinski definition) is 1. The third-order valence-corrected chi connectivity index (χ3v) is 4.01. The van der Waals surface area contributed by atoms with E-state index in [-0.39, 0.29) is 0 Å². The molecule has 0 radical (unpaired) electrons. The summed E-state index contributed by atoms with van der Waals surface area (Å²) in [5.74, 6) is -0.627. The number of ether oxygens (including phenoxy) is 2. The average molecular weight is 382 g/mol. The van der Waals surface area contributed by atoms with Gasteiger partial charge >= 0.3 is 5.97 Å². The standard InChI is InChI=1S/C18H17Cl2NO4/c1-11-15(20)4-3-5-16(11)21-17(22)10-24-18(23)12(2)25-14-8-6-13(19)7-9-14/h3-9,12H,10H2,1-2H3,(H,21,22)/t12-/m1/s1. The van der Waals surface area contributed by atoms with Gasteiger partial charge in [-0.15, -0.1) is 0 Å². The Balaban J connectivity index is 1.83. The lowest BCUT2D eigenvalue weighted by Crippen LogP contribution is -2.29. The molecule has 0 heterocycles. The third-order valence-electron chi connectivity index (χ3n) is 3.35. The van der Waals surface area contributed by atoms with E-state index in [4.69, 9.17) is 32.7 Å². The zero-order chi connectivity index (χ0) is 18.4. The molecule has 1 amide bonds. The van der Waals surface area contributed by atoms with Crippen LogP contribution in [0.5, 0.6) is 5.75 Å². The minimum absolute atomic E-state index is 0.418. The molecule has 0 saturated heterocycles. The highest BCUT2D eigenvalue weighted by Gasteiger charge is 2.18. The summed E-state index contributed by atoms with van der Waals surface area (Å²) in [5, 5.41) is 3.75. The van der Waals surface area contributed by atoms with Gasteiger partial charge in [-0.25, -0.2) is 4.79 Å². The SMILES string of the molecule is Cc1c(Cl)cccc1NC(=O)COC(=O)[C@@H](C)Oc1ccc(Cl)cc1. The highest BCUT2D eigenvalue weighted by Crippen LogP contribution is 2.22.